The highest BCUT2D eigenvalue weighted by molar-refractivity contribution is 5.49. The summed E-state index contributed by atoms with van der Waals surface area (Å²) in [5.74, 6) is 0. The van der Waals surface area contributed by atoms with E-state index in [-0.39, 0.29) is 0 Å². The van der Waals surface area contributed by atoms with Crippen LogP contribution < -0.4 is 0 Å². The lowest BCUT2D eigenvalue weighted by Crippen LogP contribution is -2.22. The Morgan fingerprint density at radius 1 is 0.640 bits per heavy atom. The Morgan fingerprint density at radius 2 is 0.920 bits per heavy atom. The molecule has 124 valence electrons. The van der Waals surface area contributed by atoms with E-state index in [0.717, 1.165) is 12.2 Å². The zero-order chi connectivity index (χ0) is 19.0. The van der Waals surface area contributed by atoms with Gasteiger partial charge in [0.05, 0.1) is 0 Å². The van der Waals surface area contributed by atoms with Crippen molar-refractivity contribution in [2.75, 3.05) is 0 Å². The summed E-state index contributed by atoms with van der Waals surface area (Å²) >= 11 is 0. The minimum absolute atomic E-state index is 0.605. The molecule has 2 N–H and O–H groups in total. The summed E-state index contributed by atoms with van der Waals surface area (Å²) in [6, 6.07) is 17.8. The van der Waals surface area contributed by atoms with Crippen molar-refractivity contribution in [3.8, 4) is 0 Å². The molecular weight excluding hydrogens is 324 g/mol. The van der Waals surface area contributed by atoms with E-state index in [0.29, 0.717) is 11.1 Å². The quantitative estimate of drug-likeness (QED) is 0.653. The van der Waals surface area contributed by atoms with Crippen LogP contribution in [0.4, 0.5) is 0 Å². The van der Waals surface area contributed by atoms with Crippen LogP contribution in [-0.4, -0.2) is 24.3 Å². The van der Waals surface area contributed by atoms with E-state index in [2.05, 4.69) is 9.98 Å². The number of nitrogens with zero attached hydrogens (tertiary/aromatic N) is 2. The second-order valence-corrected chi connectivity index (χ2v) is 4.01. The van der Waals surface area contributed by atoms with Crippen molar-refractivity contribution < 1.29 is 19.2 Å². The SMILES string of the molecule is N=C=O.N=C=O.O=C=NC(N=C=O)(c1ccccc1)c1ccccc1. The monoisotopic (exact) mass is 336 g/mol. The molecule has 25 heavy (non-hydrogen) atoms. The molecule has 2 aromatic carbocycles. The maximum atomic E-state index is 10.8. The highest BCUT2D eigenvalue weighted by atomic mass is 16.1. The first kappa shape index (κ1) is 21.0. The molecule has 0 aromatic heterocycles. The lowest BCUT2D eigenvalue weighted by Gasteiger charge is -2.22. The van der Waals surface area contributed by atoms with E-state index in [1.54, 1.807) is 48.5 Å². The first-order valence-corrected chi connectivity index (χ1v) is 6.53. The van der Waals surface area contributed by atoms with E-state index in [1.165, 1.54) is 12.2 Å². The molecule has 0 saturated carbocycles. The minimum atomic E-state index is -1.41. The summed E-state index contributed by atoms with van der Waals surface area (Å²) < 4.78 is 0. The van der Waals surface area contributed by atoms with Crippen molar-refractivity contribution in [1.29, 1.82) is 10.8 Å². The van der Waals surface area contributed by atoms with E-state index < -0.39 is 5.66 Å². The molecule has 8 heteroatoms. The Hall–Kier alpha value is -4.04. The Balaban J connectivity index is 0.000000844. The highest BCUT2D eigenvalue weighted by Gasteiger charge is 2.33. The van der Waals surface area contributed by atoms with Gasteiger partial charge in [0, 0.05) is 11.1 Å². The van der Waals surface area contributed by atoms with Crippen LogP contribution in [0.3, 0.4) is 0 Å². The molecule has 2 rings (SSSR count). The second kappa shape index (κ2) is 12.5. The Morgan fingerprint density at radius 3 is 1.16 bits per heavy atom. The third kappa shape index (κ3) is 6.30. The number of benzene rings is 2. The van der Waals surface area contributed by atoms with Crippen LogP contribution in [0.2, 0.25) is 0 Å². The van der Waals surface area contributed by atoms with Gasteiger partial charge in [0.2, 0.25) is 30.0 Å². The molecule has 0 aliphatic heterocycles. The van der Waals surface area contributed by atoms with Crippen LogP contribution in [0.1, 0.15) is 11.1 Å². The molecule has 0 radical (unpaired) electrons. The van der Waals surface area contributed by atoms with Gasteiger partial charge in [-0.2, -0.15) is 9.98 Å². The van der Waals surface area contributed by atoms with Gasteiger partial charge in [-0.1, -0.05) is 60.7 Å². The number of hydrogen-bond donors (Lipinski definition) is 2. The summed E-state index contributed by atoms with van der Waals surface area (Å²) in [5.41, 5.74) is -0.202. The average molecular weight is 336 g/mol. The fourth-order valence-electron chi connectivity index (χ4n) is 1.92. The Bertz CT molecular complexity index is 741. The van der Waals surface area contributed by atoms with Crippen LogP contribution in [-0.2, 0) is 24.8 Å². The van der Waals surface area contributed by atoms with E-state index >= 15 is 0 Å². The summed E-state index contributed by atoms with van der Waals surface area (Å²) in [6.07, 6.45) is 4.49. The van der Waals surface area contributed by atoms with Crippen LogP contribution in [0.15, 0.2) is 70.6 Å². The van der Waals surface area contributed by atoms with Gasteiger partial charge in [-0.25, -0.2) is 30.0 Å². The molecule has 0 aliphatic carbocycles. The predicted molar refractivity (Wildman–Crippen MR) is 86.7 cm³/mol. The van der Waals surface area contributed by atoms with Crippen molar-refractivity contribution in [1.82, 2.24) is 0 Å². The maximum absolute atomic E-state index is 10.8. The van der Waals surface area contributed by atoms with Gasteiger partial charge in [0.1, 0.15) is 0 Å². The smallest absolute Gasteiger partial charge is 0.222 e. The lowest BCUT2D eigenvalue weighted by atomic mass is 9.92. The first-order chi connectivity index (χ1) is 12.2. The average Bonchev–Trinajstić information content (AvgIpc) is 2.64. The number of isocyanates is 4. The van der Waals surface area contributed by atoms with Gasteiger partial charge in [-0.05, 0) is 0 Å². The molecule has 0 atom stereocenters. The molecule has 0 fully saturated rings. The Kier molecular flexibility index (Phi) is 10.5. The summed E-state index contributed by atoms with van der Waals surface area (Å²) in [7, 11) is 0. The van der Waals surface area contributed by atoms with E-state index in [4.69, 9.17) is 20.4 Å². The molecular formula is C17H12N4O4. The zero-order valence-electron chi connectivity index (χ0n) is 12.8. The van der Waals surface area contributed by atoms with Crippen molar-refractivity contribution in [3.63, 3.8) is 0 Å². The summed E-state index contributed by atoms with van der Waals surface area (Å²) in [6.45, 7) is 0. The number of aliphatic imine (C=N–C) groups is 2. The van der Waals surface area contributed by atoms with Crippen LogP contribution >= 0.6 is 0 Å². The molecule has 0 amide bonds. The molecule has 0 unspecified atom stereocenters. The van der Waals surface area contributed by atoms with Gasteiger partial charge in [-0.15, -0.1) is 0 Å². The topological polar surface area (TPSA) is 141 Å². The van der Waals surface area contributed by atoms with Gasteiger partial charge in [0.15, 0.2) is 0 Å². The number of rotatable bonds is 4. The van der Waals surface area contributed by atoms with Crippen LogP contribution in [0, 0.1) is 10.8 Å². The van der Waals surface area contributed by atoms with Crippen molar-refractivity contribution in [3.05, 3.63) is 71.8 Å². The summed E-state index contributed by atoms with van der Waals surface area (Å²) in [4.78, 5) is 45.7. The van der Waals surface area contributed by atoms with Gasteiger partial charge in [0.25, 0.3) is 0 Å². The predicted octanol–water partition coefficient (Wildman–Crippen LogP) is 2.36. The standard InChI is InChI=1S/C15H10N2O2.2CHNO/c18-11-16-15(17-12-19,13-7-3-1-4-8-13)14-9-5-2-6-10-14;2*2-1-3/h1-10H;2*2H. The fraction of sp³-hybridized carbons (Fsp3) is 0.0588. The third-order valence-electron chi connectivity index (χ3n) is 2.77. The number of carbonyl (C=O) groups excluding carboxylic acids is 4. The van der Waals surface area contributed by atoms with Crippen molar-refractivity contribution in [2.45, 2.75) is 5.66 Å². The largest absolute Gasteiger partial charge is 0.238 e. The lowest BCUT2D eigenvalue weighted by molar-refractivity contribution is 0.516. The van der Waals surface area contributed by atoms with Crippen LogP contribution in [0.5, 0.6) is 0 Å². The first-order valence-electron chi connectivity index (χ1n) is 6.53. The molecule has 0 aliphatic rings. The van der Waals surface area contributed by atoms with Crippen LogP contribution in [0.25, 0.3) is 0 Å². The van der Waals surface area contributed by atoms with Gasteiger partial charge < -0.3 is 0 Å². The third-order valence-corrected chi connectivity index (χ3v) is 2.77. The molecule has 0 spiro atoms. The minimum Gasteiger partial charge on any atom is -0.222 e. The van der Waals surface area contributed by atoms with Crippen molar-refractivity contribution in [2.24, 2.45) is 9.98 Å². The Labute approximate surface area is 142 Å². The van der Waals surface area contributed by atoms with Gasteiger partial charge >= 0.3 is 0 Å². The van der Waals surface area contributed by atoms with Gasteiger partial charge in [-0.3, -0.25) is 0 Å². The number of hydrogen-bond acceptors (Lipinski definition) is 8. The summed E-state index contributed by atoms with van der Waals surface area (Å²) in [5, 5.41) is 10.8. The fourth-order valence-corrected chi connectivity index (χ4v) is 1.92. The number of nitrogens with one attached hydrogen (secondary N) is 2. The molecule has 0 heterocycles. The molecule has 0 bridgehead atoms. The van der Waals surface area contributed by atoms with E-state index in [9.17, 15) is 9.59 Å². The highest BCUT2D eigenvalue weighted by Crippen LogP contribution is 2.34. The maximum Gasteiger partial charge on any atom is 0.238 e. The molecule has 8 nitrogen and oxygen atoms in total. The van der Waals surface area contributed by atoms with E-state index in [1.807, 2.05) is 12.1 Å². The molecule has 0 saturated heterocycles. The molecule has 2 aromatic rings. The normalized spacial score (nSPS) is 8.32. The second-order valence-electron chi connectivity index (χ2n) is 4.01. The van der Waals surface area contributed by atoms with Crippen molar-refractivity contribution >= 4 is 24.3 Å². The zero-order valence-corrected chi connectivity index (χ0v) is 12.8.